The second-order valence-electron chi connectivity index (χ2n) is 8.89. The first-order valence-electron chi connectivity index (χ1n) is 11.8. The molecule has 0 aliphatic heterocycles. The highest BCUT2D eigenvalue weighted by Crippen LogP contribution is 2.58. The van der Waals surface area contributed by atoms with E-state index in [1.54, 1.807) is 0 Å². The van der Waals surface area contributed by atoms with E-state index in [2.05, 4.69) is 0 Å². The summed E-state index contributed by atoms with van der Waals surface area (Å²) in [5, 5.41) is 10.1. The van der Waals surface area contributed by atoms with E-state index >= 15 is 0 Å². The molecule has 2 atom stereocenters. The van der Waals surface area contributed by atoms with Gasteiger partial charge >= 0.3 is 11.9 Å². The van der Waals surface area contributed by atoms with Crippen molar-refractivity contribution in [1.82, 2.24) is 0 Å². The second kappa shape index (κ2) is 9.98. The Bertz CT molecular complexity index is 1250. The van der Waals surface area contributed by atoms with E-state index in [4.69, 9.17) is 4.74 Å². The average Bonchev–Trinajstić information content (AvgIpc) is 2.89. The topological polar surface area (TPSA) is 63.6 Å². The Hall–Kier alpha value is -4.18. The molecule has 0 spiro atoms. The number of carboxylic acid groups (broad SMARTS) is 1. The number of carbonyl (C=O) groups excluding carboxylic acids is 1. The summed E-state index contributed by atoms with van der Waals surface area (Å²) < 4.78 is 5.89. The van der Waals surface area contributed by atoms with Gasteiger partial charge in [-0.05, 0) is 27.8 Å². The van der Waals surface area contributed by atoms with Gasteiger partial charge in [0.1, 0.15) is 6.61 Å². The van der Waals surface area contributed by atoms with Crippen LogP contribution in [0.2, 0.25) is 0 Å². The predicted molar refractivity (Wildman–Crippen MR) is 135 cm³/mol. The molecular weight excluding hydrogens is 436 g/mol. The summed E-state index contributed by atoms with van der Waals surface area (Å²) in [6.45, 7) is 0.126. The van der Waals surface area contributed by atoms with Crippen LogP contribution >= 0.6 is 0 Å². The number of rotatable bonds is 7. The molecule has 0 amide bonds. The molecule has 174 valence electrons. The zero-order valence-electron chi connectivity index (χ0n) is 19.2. The summed E-state index contributed by atoms with van der Waals surface area (Å²) in [4.78, 5) is 25.9. The fourth-order valence-electron chi connectivity index (χ4n) is 5.32. The van der Waals surface area contributed by atoms with Gasteiger partial charge in [0.15, 0.2) is 0 Å². The van der Waals surface area contributed by atoms with Gasteiger partial charge in [-0.25, -0.2) is 0 Å². The number of hydrogen-bond donors (Lipinski definition) is 1. The Labute approximate surface area is 204 Å². The SMILES string of the molecule is O=C(O)C1C(c2ccccc2)C(C(=O)OCc2ccccc2-c2ccccc2)C1c1ccccc1. The molecule has 4 nitrogen and oxygen atoms in total. The van der Waals surface area contributed by atoms with Crippen molar-refractivity contribution in [3.05, 3.63) is 132 Å². The fraction of sp³-hybridized carbons (Fsp3) is 0.161. The zero-order chi connectivity index (χ0) is 24.2. The van der Waals surface area contributed by atoms with Crippen molar-refractivity contribution in [2.24, 2.45) is 11.8 Å². The number of ether oxygens (including phenoxy) is 1. The van der Waals surface area contributed by atoms with Crippen LogP contribution in [-0.4, -0.2) is 17.0 Å². The van der Waals surface area contributed by atoms with E-state index < -0.39 is 29.6 Å². The lowest BCUT2D eigenvalue weighted by molar-refractivity contribution is -0.165. The largest absolute Gasteiger partial charge is 0.481 e. The van der Waals surface area contributed by atoms with Gasteiger partial charge in [-0.1, -0.05) is 115 Å². The van der Waals surface area contributed by atoms with Crippen LogP contribution in [0.5, 0.6) is 0 Å². The van der Waals surface area contributed by atoms with Crippen LogP contribution in [-0.2, 0) is 20.9 Å². The molecule has 4 aromatic carbocycles. The lowest BCUT2D eigenvalue weighted by Crippen LogP contribution is -2.51. The van der Waals surface area contributed by atoms with Crippen molar-refractivity contribution >= 4 is 11.9 Å². The van der Waals surface area contributed by atoms with Gasteiger partial charge in [0.2, 0.25) is 0 Å². The molecule has 1 fully saturated rings. The van der Waals surface area contributed by atoms with E-state index in [1.165, 1.54) is 0 Å². The Kier molecular flexibility index (Phi) is 6.44. The van der Waals surface area contributed by atoms with Crippen molar-refractivity contribution in [3.63, 3.8) is 0 Å². The minimum Gasteiger partial charge on any atom is -0.481 e. The number of carboxylic acids is 1. The summed E-state index contributed by atoms with van der Waals surface area (Å²) in [5.41, 5.74) is 4.67. The van der Waals surface area contributed by atoms with E-state index in [1.807, 2.05) is 115 Å². The number of benzene rings is 4. The number of carbonyl (C=O) groups is 2. The quantitative estimate of drug-likeness (QED) is 0.328. The lowest BCUT2D eigenvalue weighted by atomic mass is 9.52. The highest BCUT2D eigenvalue weighted by atomic mass is 16.5. The van der Waals surface area contributed by atoms with E-state index in [0.717, 1.165) is 27.8 Å². The zero-order valence-corrected chi connectivity index (χ0v) is 19.2. The smallest absolute Gasteiger partial charge is 0.310 e. The van der Waals surface area contributed by atoms with E-state index in [-0.39, 0.29) is 12.6 Å². The third-order valence-corrected chi connectivity index (χ3v) is 6.95. The third kappa shape index (κ3) is 4.47. The van der Waals surface area contributed by atoms with Crippen LogP contribution in [0.15, 0.2) is 115 Å². The van der Waals surface area contributed by atoms with Gasteiger partial charge in [-0.3, -0.25) is 9.59 Å². The minimum absolute atomic E-state index is 0.126. The first kappa shape index (κ1) is 22.6. The summed E-state index contributed by atoms with van der Waals surface area (Å²) >= 11 is 0. The maximum atomic E-state index is 13.6. The number of hydrogen-bond acceptors (Lipinski definition) is 3. The van der Waals surface area contributed by atoms with Crippen molar-refractivity contribution in [3.8, 4) is 11.1 Å². The maximum absolute atomic E-state index is 13.6. The summed E-state index contributed by atoms with van der Waals surface area (Å²) in [6.07, 6.45) is 0. The maximum Gasteiger partial charge on any atom is 0.310 e. The standard InChI is InChI=1S/C31H26O4/c32-30(33)28-26(22-14-6-2-7-15-22)29(27(28)23-16-8-3-9-17-23)31(34)35-20-24-18-10-11-19-25(24)21-12-4-1-5-13-21/h1-19,26-29H,20H2,(H,32,33). The van der Waals surface area contributed by atoms with Gasteiger partial charge in [-0.2, -0.15) is 0 Å². The van der Waals surface area contributed by atoms with Gasteiger partial charge in [0.25, 0.3) is 0 Å². The van der Waals surface area contributed by atoms with Crippen molar-refractivity contribution in [2.45, 2.75) is 18.4 Å². The highest BCUT2D eigenvalue weighted by molar-refractivity contribution is 5.84. The summed E-state index contributed by atoms with van der Waals surface area (Å²) in [6, 6.07) is 36.7. The predicted octanol–water partition coefficient (Wildman–Crippen LogP) is 6.30. The minimum atomic E-state index is -0.897. The molecule has 35 heavy (non-hydrogen) atoms. The van der Waals surface area contributed by atoms with Gasteiger partial charge in [-0.15, -0.1) is 0 Å². The Morgan fingerprint density at radius 2 is 1.11 bits per heavy atom. The van der Waals surface area contributed by atoms with E-state index in [0.29, 0.717) is 0 Å². The monoisotopic (exact) mass is 462 g/mol. The molecule has 5 rings (SSSR count). The van der Waals surface area contributed by atoms with Gasteiger partial charge in [0.05, 0.1) is 11.8 Å². The Morgan fingerprint density at radius 3 is 1.66 bits per heavy atom. The van der Waals surface area contributed by atoms with Crippen molar-refractivity contribution < 1.29 is 19.4 Å². The molecule has 2 unspecified atom stereocenters. The molecule has 4 aromatic rings. The molecule has 0 heterocycles. The Morgan fingerprint density at radius 1 is 0.629 bits per heavy atom. The molecule has 1 N–H and O–H groups in total. The molecule has 0 aromatic heterocycles. The molecule has 1 saturated carbocycles. The first-order valence-corrected chi connectivity index (χ1v) is 11.8. The van der Waals surface area contributed by atoms with Crippen LogP contribution in [0, 0.1) is 11.8 Å². The van der Waals surface area contributed by atoms with Crippen LogP contribution < -0.4 is 0 Å². The molecule has 1 aliphatic rings. The average molecular weight is 463 g/mol. The Balaban J connectivity index is 1.44. The first-order chi connectivity index (χ1) is 17.1. The molecule has 0 saturated heterocycles. The van der Waals surface area contributed by atoms with Crippen LogP contribution in [0.25, 0.3) is 11.1 Å². The number of aliphatic carboxylic acids is 1. The van der Waals surface area contributed by atoms with Gasteiger partial charge < -0.3 is 9.84 Å². The van der Waals surface area contributed by atoms with Crippen molar-refractivity contribution in [1.29, 1.82) is 0 Å². The van der Waals surface area contributed by atoms with Gasteiger partial charge in [0, 0.05) is 11.8 Å². The number of esters is 1. The van der Waals surface area contributed by atoms with Crippen molar-refractivity contribution in [2.75, 3.05) is 0 Å². The molecule has 0 radical (unpaired) electrons. The van der Waals surface area contributed by atoms with Crippen LogP contribution in [0.4, 0.5) is 0 Å². The van der Waals surface area contributed by atoms with Crippen LogP contribution in [0.3, 0.4) is 0 Å². The molecule has 1 aliphatic carbocycles. The normalized spacial score (nSPS) is 21.0. The molecule has 4 heteroatoms. The third-order valence-electron chi connectivity index (χ3n) is 6.95. The van der Waals surface area contributed by atoms with Crippen LogP contribution in [0.1, 0.15) is 28.5 Å². The highest BCUT2D eigenvalue weighted by Gasteiger charge is 2.59. The summed E-state index contributed by atoms with van der Waals surface area (Å²) in [7, 11) is 0. The molecular formula is C31H26O4. The molecule has 0 bridgehead atoms. The summed E-state index contributed by atoms with van der Waals surface area (Å²) in [5.74, 6) is -3.44. The van der Waals surface area contributed by atoms with E-state index in [9.17, 15) is 14.7 Å². The lowest BCUT2D eigenvalue weighted by Gasteiger charge is -2.49. The fourth-order valence-corrected chi connectivity index (χ4v) is 5.32. The second-order valence-corrected chi connectivity index (χ2v) is 8.89.